The van der Waals surface area contributed by atoms with Crippen LogP contribution in [0.2, 0.25) is 5.02 Å². The van der Waals surface area contributed by atoms with Gasteiger partial charge in [-0.15, -0.1) is 10.2 Å². The van der Waals surface area contributed by atoms with Crippen LogP contribution in [0.15, 0.2) is 40.6 Å². The van der Waals surface area contributed by atoms with Crippen molar-refractivity contribution in [3.63, 3.8) is 0 Å². The number of benzene rings is 1. The molecule has 0 saturated carbocycles. The van der Waals surface area contributed by atoms with Crippen molar-refractivity contribution in [3.05, 3.63) is 41.0 Å². The van der Waals surface area contributed by atoms with Gasteiger partial charge in [-0.05, 0) is 42.4 Å². The predicted molar refractivity (Wildman–Crippen MR) is 113 cm³/mol. The Morgan fingerprint density at radius 2 is 1.81 bits per heavy atom. The van der Waals surface area contributed by atoms with Crippen LogP contribution in [0, 0.1) is 0 Å². The summed E-state index contributed by atoms with van der Waals surface area (Å²) in [6.07, 6.45) is -3.12. The number of ether oxygens (including phenoxy) is 3. The van der Waals surface area contributed by atoms with E-state index in [1.807, 2.05) is 10.6 Å². The van der Waals surface area contributed by atoms with E-state index in [0.29, 0.717) is 42.1 Å². The molecule has 0 amide bonds. The van der Waals surface area contributed by atoms with E-state index in [1.54, 1.807) is 26.4 Å². The van der Waals surface area contributed by atoms with Crippen LogP contribution in [-0.2, 0) is 17.5 Å². The van der Waals surface area contributed by atoms with Gasteiger partial charge in [0.2, 0.25) is 0 Å². The van der Waals surface area contributed by atoms with Crippen molar-refractivity contribution in [2.45, 2.75) is 29.3 Å². The molecule has 0 atom stereocenters. The van der Waals surface area contributed by atoms with E-state index in [0.717, 1.165) is 29.6 Å². The molecule has 12 heteroatoms. The fourth-order valence-corrected chi connectivity index (χ4v) is 3.95. The molecule has 0 aliphatic rings. The van der Waals surface area contributed by atoms with Crippen LogP contribution in [0.3, 0.4) is 0 Å². The summed E-state index contributed by atoms with van der Waals surface area (Å²) in [4.78, 5) is 3.88. The maximum Gasteiger partial charge on any atom is 0.417 e. The maximum absolute atomic E-state index is 12.9. The van der Waals surface area contributed by atoms with Crippen LogP contribution in [0.5, 0.6) is 11.5 Å². The van der Waals surface area contributed by atoms with Crippen molar-refractivity contribution in [1.82, 2.24) is 19.7 Å². The van der Waals surface area contributed by atoms with E-state index in [4.69, 9.17) is 25.8 Å². The fraction of sp³-hybridized carbons (Fsp3) is 0.350. The first-order valence-electron chi connectivity index (χ1n) is 9.33. The molecular weight excluding hydrogens is 469 g/mol. The first-order chi connectivity index (χ1) is 15.3. The topological polar surface area (TPSA) is 71.3 Å². The van der Waals surface area contributed by atoms with Crippen molar-refractivity contribution >= 4 is 23.4 Å². The number of methoxy groups -OCH3 is 3. The molecule has 2 heterocycles. The van der Waals surface area contributed by atoms with E-state index < -0.39 is 11.7 Å². The number of aromatic nitrogens is 4. The average Bonchev–Trinajstić information content (AvgIpc) is 3.16. The van der Waals surface area contributed by atoms with E-state index in [-0.39, 0.29) is 10.0 Å². The van der Waals surface area contributed by atoms with Gasteiger partial charge in [-0.3, -0.25) is 0 Å². The van der Waals surface area contributed by atoms with E-state index in [1.165, 1.54) is 7.11 Å². The highest BCUT2D eigenvalue weighted by atomic mass is 35.5. The molecular formula is C20H20ClF3N4O3S. The van der Waals surface area contributed by atoms with Crippen molar-refractivity contribution in [3.8, 4) is 22.9 Å². The second kappa shape index (κ2) is 10.4. The lowest BCUT2D eigenvalue weighted by atomic mass is 10.2. The molecule has 172 valence electrons. The number of rotatable bonds is 9. The second-order valence-electron chi connectivity index (χ2n) is 6.48. The van der Waals surface area contributed by atoms with Crippen LogP contribution < -0.4 is 9.47 Å². The Balaban J connectivity index is 1.98. The minimum absolute atomic E-state index is 0.121. The van der Waals surface area contributed by atoms with Crippen LogP contribution >= 0.6 is 23.4 Å². The predicted octanol–water partition coefficient (Wildman–Crippen LogP) is 5.22. The number of nitrogens with zero attached hydrogens (tertiary/aromatic N) is 4. The Labute approximate surface area is 191 Å². The molecule has 0 aliphatic heterocycles. The fourth-order valence-electron chi connectivity index (χ4n) is 2.86. The van der Waals surface area contributed by atoms with Gasteiger partial charge >= 0.3 is 6.18 Å². The number of alkyl halides is 3. The van der Waals surface area contributed by atoms with Gasteiger partial charge in [-0.1, -0.05) is 11.6 Å². The van der Waals surface area contributed by atoms with Gasteiger partial charge in [0.05, 0.1) is 24.8 Å². The zero-order chi connectivity index (χ0) is 23.3. The minimum atomic E-state index is -4.53. The first-order valence-corrected chi connectivity index (χ1v) is 10.5. The lowest BCUT2D eigenvalue weighted by molar-refractivity contribution is -0.137. The SMILES string of the molecule is COCCCn1c(Sc2ncc(C(F)(F)F)cc2Cl)nnc1-c1ccc(OC)c(OC)c1. The summed E-state index contributed by atoms with van der Waals surface area (Å²) in [5.74, 6) is 1.64. The maximum atomic E-state index is 12.9. The lowest BCUT2D eigenvalue weighted by Gasteiger charge is -2.13. The summed E-state index contributed by atoms with van der Waals surface area (Å²) in [6, 6.07) is 6.19. The molecule has 0 N–H and O–H groups in total. The Kier molecular flexibility index (Phi) is 7.86. The van der Waals surface area contributed by atoms with Crippen LogP contribution in [0.1, 0.15) is 12.0 Å². The van der Waals surface area contributed by atoms with Gasteiger partial charge in [0.1, 0.15) is 5.03 Å². The highest BCUT2D eigenvalue weighted by molar-refractivity contribution is 7.99. The Morgan fingerprint density at radius 1 is 1.06 bits per heavy atom. The molecule has 0 fully saturated rings. The summed E-state index contributed by atoms with van der Waals surface area (Å²) >= 11 is 7.10. The molecule has 0 saturated heterocycles. The molecule has 7 nitrogen and oxygen atoms in total. The third-order valence-electron chi connectivity index (χ3n) is 4.41. The lowest BCUT2D eigenvalue weighted by Crippen LogP contribution is -2.07. The standard InChI is InChI=1S/C20H20ClF3N4O3S/c1-29-8-4-7-28-17(12-5-6-15(30-2)16(9-12)31-3)26-27-19(28)32-18-14(21)10-13(11-25-18)20(22,23)24/h5-6,9-11H,4,7-8H2,1-3H3. The molecule has 1 aromatic carbocycles. The van der Waals surface area contributed by atoms with Gasteiger partial charge in [-0.2, -0.15) is 13.2 Å². The largest absolute Gasteiger partial charge is 0.493 e. The smallest absolute Gasteiger partial charge is 0.417 e. The Bertz CT molecular complexity index is 1080. The van der Waals surface area contributed by atoms with Crippen molar-refractivity contribution < 1.29 is 27.4 Å². The summed E-state index contributed by atoms with van der Waals surface area (Å²) in [5, 5.41) is 9.00. The zero-order valence-electron chi connectivity index (χ0n) is 17.4. The average molecular weight is 489 g/mol. The number of hydrogen-bond acceptors (Lipinski definition) is 7. The Hall–Kier alpha value is -2.50. The number of hydrogen-bond donors (Lipinski definition) is 0. The molecule has 0 radical (unpaired) electrons. The monoisotopic (exact) mass is 488 g/mol. The number of halogens is 4. The summed E-state index contributed by atoms with van der Waals surface area (Å²) in [6.45, 7) is 1.01. The third kappa shape index (κ3) is 5.45. The van der Waals surface area contributed by atoms with Crippen LogP contribution in [-0.4, -0.2) is 47.7 Å². The summed E-state index contributed by atoms with van der Waals surface area (Å²) in [5.41, 5.74) is -0.190. The Morgan fingerprint density at radius 3 is 2.44 bits per heavy atom. The van der Waals surface area contributed by atoms with Gasteiger partial charge in [0, 0.05) is 32.0 Å². The first kappa shape index (κ1) is 24.1. The van der Waals surface area contributed by atoms with Crippen molar-refractivity contribution in [2.24, 2.45) is 0 Å². The van der Waals surface area contributed by atoms with Crippen molar-refractivity contribution in [2.75, 3.05) is 27.9 Å². The molecule has 0 spiro atoms. The van der Waals surface area contributed by atoms with Crippen molar-refractivity contribution in [1.29, 1.82) is 0 Å². The molecule has 0 unspecified atom stereocenters. The second-order valence-corrected chi connectivity index (χ2v) is 7.85. The van der Waals surface area contributed by atoms with Gasteiger partial charge in [0.25, 0.3) is 0 Å². The van der Waals surface area contributed by atoms with E-state index in [2.05, 4.69) is 15.2 Å². The molecule has 0 aliphatic carbocycles. The highest BCUT2D eigenvalue weighted by Gasteiger charge is 2.32. The van der Waals surface area contributed by atoms with Crippen LogP contribution in [0.4, 0.5) is 13.2 Å². The molecule has 0 bridgehead atoms. The van der Waals surface area contributed by atoms with E-state index >= 15 is 0 Å². The minimum Gasteiger partial charge on any atom is -0.493 e. The molecule has 32 heavy (non-hydrogen) atoms. The molecule has 3 rings (SSSR count). The molecule has 3 aromatic rings. The highest BCUT2D eigenvalue weighted by Crippen LogP contribution is 2.37. The summed E-state index contributed by atoms with van der Waals surface area (Å²) < 4.78 is 56.3. The van der Waals surface area contributed by atoms with Crippen LogP contribution in [0.25, 0.3) is 11.4 Å². The quantitative estimate of drug-likeness (QED) is 0.382. The molecule has 2 aromatic heterocycles. The summed E-state index contributed by atoms with van der Waals surface area (Å²) in [7, 11) is 4.67. The van der Waals surface area contributed by atoms with Gasteiger partial charge < -0.3 is 18.8 Å². The third-order valence-corrected chi connectivity index (χ3v) is 5.81. The van der Waals surface area contributed by atoms with E-state index in [9.17, 15) is 13.2 Å². The number of pyridine rings is 1. The zero-order valence-corrected chi connectivity index (χ0v) is 19.0. The van der Waals surface area contributed by atoms with Gasteiger partial charge in [-0.25, -0.2) is 4.98 Å². The van der Waals surface area contributed by atoms with Gasteiger partial charge in [0.15, 0.2) is 22.5 Å². The normalized spacial score (nSPS) is 11.6.